The number of urea groups is 1. The molecule has 0 unspecified atom stereocenters. The summed E-state index contributed by atoms with van der Waals surface area (Å²) in [5.74, 6) is -0.297. The number of esters is 1. The van der Waals surface area contributed by atoms with Crippen molar-refractivity contribution >= 4 is 23.8 Å². The molecule has 0 radical (unpaired) electrons. The number of hydrogen-bond acceptors (Lipinski definition) is 7. The molecule has 2 heterocycles. The molecule has 1 atom stereocenters. The van der Waals surface area contributed by atoms with Gasteiger partial charge in [-0.1, -0.05) is 6.07 Å². The Morgan fingerprint density at radius 2 is 2.00 bits per heavy atom. The summed E-state index contributed by atoms with van der Waals surface area (Å²) >= 11 is 0. The van der Waals surface area contributed by atoms with E-state index in [4.69, 9.17) is 14.2 Å². The molecule has 156 valence electrons. The van der Waals surface area contributed by atoms with Gasteiger partial charge in [-0.2, -0.15) is 0 Å². The van der Waals surface area contributed by atoms with E-state index in [1.165, 1.54) is 6.92 Å². The standard InChI is InChI=1S/C19H23N3O7/c1-11(16(24)20-9-12-4-5-13-14(8-12)28-10-27-13)29-15(23)6-7-22-17(25)19(2,3)21-18(22)26/h4-5,8,11H,6-7,9-10H2,1-3H3,(H,20,24)(H,21,26)/t11-/m1/s1. The second-order valence-electron chi connectivity index (χ2n) is 7.30. The minimum Gasteiger partial charge on any atom is -0.454 e. The lowest BCUT2D eigenvalue weighted by atomic mass is 10.1. The van der Waals surface area contributed by atoms with Gasteiger partial charge in [-0.3, -0.25) is 19.3 Å². The lowest BCUT2D eigenvalue weighted by Gasteiger charge is -2.17. The Morgan fingerprint density at radius 3 is 2.69 bits per heavy atom. The Bertz CT molecular complexity index is 852. The maximum atomic E-state index is 12.2. The zero-order chi connectivity index (χ0) is 21.2. The third kappa shape index (κ3) is 4.58. The minimum absolute atomic E-state index is 0.113. The number of benzene rings is 1. The molecule has 10 nitrogen and oxygen atoms in total. The van der Waals surface area contributed by atoms with E-state index in [-0.39, 0.29) is 26.3 Å². The van der Waals surface area contributed by atoms with Crippen LogP contribution in [0.15, 0.2) is 18.2 Å². The minimum atomic E-state index is -1.02. The Morgan fingerprint density at radius 1 is 1.28 bits per heavy atom. The van der Waals surface area contributed by atoms with Gasteiger partial charge in [0.15, 0.2) is 17.6 Å². The number of carbonyl (C=O) groups excluding carboxylic acids is 4. The SMILES string of the molecule is C[C@@H](OC(=O)CCN1C(=O)NC(C)(C)C1=O)C(=O)NCc1ccc2c(c1)OCO2. The normalized spacial score (nSPS) is 17.7. The van der Waals surface area contributed by atoms with Gasteiger partial charge in [-0.15, -0.1) is 0 Å². The van der Waals surface area contributed by atoms with Crippen molar-refractivity contribution < 1.29 is 33.4 Å². The molecule has 2 N–H and O–H groups in total. The smallest absolute Gasteiger partial charge is 0.325 e. The molecule has 3 rings (SSSR count). The summed E-state index contributed by atoms with van der Waals surface area (Å²) in [6.45, 7) is 4.90. The number of rotatable bonds is 7. The van der Waals surface area contributed by atoms with Crippen LogP contribution in [0.1, 0.15) is 32.8 Å². The number of nitrogens with zero attached hydrogens (tertiary/aromatic N) is 1. The number of carbonyl (C=O) groups is 4. The van der Waals surface area contributed by atoms with Crippen LogP contribution in [-0.4, -0.2) is 53.7 Å². The van der Waals surface area contributed by atoms with Gasteiger partial charge < -0.3 is 24.8 Å². The molecule has 0 aliphatic carbocycles. The number of hydrogen-bond donors (Lipinski definition) is 2. The fraction of sp³-hybridized carbons (Fsp3) is 0.474. The van der Waals surface area contributed by atoms with Gasteiger partial charge in [-0.05, 0) is 38.5 Å². The molecule has 2 aliphatic rings. The van der Waals surface area contributed by atoms with Gasteiger partial charge in [0.1, 0.15) is 5.54 Å². The van der Waals surface area contributed by atoms with Gasteiger partial charge in [0.25, 0.3) is 11.8 Å². The van der Waals surface area contributed by atoms with E-state index >= 15 is 0 Å². The highest BCUT2D eigenvalue weighted by Crippen LogP contribution is 2.32. The highest BCUT2D eigenvalue weighted by atomic mass is 16.7. The van der Waals surface area contributed by atoms with Gasteiger partial charge in [0.05, 0.1) is 6.42 Å². The molecule has 0 spiro atoms. The Labute approximate surface area is 167 Å². The van der Waals surface area contributed by atoms with Crippen LogP contribution in [0.5, 0.6) is 11.5 Å². The molecule has 0 bridgehead atoms. The summed E-state index contributed by atoms with van der Waals surface area (Å²) in [5.41, 5.74) is -0.189. The van der Waals surface area contributed by atoms with Crippen molar-refractivity contribution in [2.75, 3.05) is 13.3 Å². The van der Waals surface area contributed by atoms with E-state index in [0.717, 1.165) is 10.5 Å². The van der Waals surface area contributed by atoms with Gasteiger partial charge in [-0.25, -0.2) is 4.79 Å². The molecular formula is C19H23N3O7. The number of amides is 4. The Balaban J connectivity index is 1.42. The molecule has 1 fully saturated rings. The van der Waals surface area contributed by atoms with Crippen molar-refractivity contribution in [2.24, 2.45) is 0 Å². The lowest BCUT2D eigenvalue weighted by molar-refractivity contribution is -0.155. The Hall–Kier alpha value is -3.30. The maximum absolute atomic E-state index is 12.2. The second kappa shape index (κ2) is 7.98. The molecule has 29 heavy (non-hydrogen) atoms. The van der Waals surface area contributed by atoms with Crippen molar-refractivity contribution in [1.82, 2.24) is 15.5 Å². The van der Waals surface area contributed by atoms with Crippen LogP contribution in [0.3, 0.4) is 0 Å². The lowest BCUT2D eigenvalue weighted by Crippen LogP contribution is -2.40. The van der Waals surface area contributed by atoms with E-state index in [1.807, 2.05) is 0 Å². The number of nitrogens with one attached hydrogen (secondary N) is 2. The maximum Gasteiger partial charge on any atom is 0.325 e. The zero-order valence-electron chi connectivity index (χ0n) is 16.4. The molecule has 1 saturated heterocycles. The highest BCUT2D eigenvalue weighted by Gasteiger charge is 2.44. The molecule has 0 aromatic heterocycles. The van der Waals surface area contributed by atoms with Crippen molar-refractivity contribution in [3.8, 4) is 11.5 Å². The van der Waals surface area contributed by atoms with E-state index in [9.17, 15) is 19.2 Å². The monoisotopic (exact) mass is 405 g/mol. The predicted molar refractivity (Wildman–Crippen MR) is 98.9 cm³/mol. The molecule has 1 aromatic rings. The average Bonchev–Trinajstić information content (AvgIpc) is 3.20. The van der Waals surface area contributed by atoms with Crippen LogP contribution in [0, 0.1) is 0 Å². The van der Waals surface area contributed by atoms with Gasteiger partial charge in [0.2, 0.25) is 6.79 Å². The quantitative estimate of drug-likeness (QED) is 0.505. The van der Waals surface area contributed by atoms with E-state index < -0.39 is 35.5 Å². The van der Waals surface area contributed by atoms with Crippen molar-refractivity contribution in [3.05, 3.63) is 23.8 Å². The zero-order valence-corrected chi connectivity index (χ0v) is 16.4. The van der Waals surface area contributed by atoms with E-state index in [1.54, 1.807) is 32.0 Å². The molecule has 1 aromatic carbocycles. The van der Waals surface area contributed by atoms with E-state index in [2.05, 4.69) is 10.6 Å². The summed E-state index contributed by atoms with van der Waals surface area (Å²) < 4.78 is 15.6. The fourth-order valence-corrected chi connectivity index (χ4v) is 2.92. The first-order valence-electron chi connectivity index (χ1n) is 9.17. The van der Waals surface area contributed by atoms with Gasteiger partial charge in [0, 0.05) is 13.1 Å². The number of ether oxygens (including phenoxy) is 3. The Kier molecular flexibility index (Phi) is 5.62. The first-order chi connectivity index (χ1) is 13.7. The number of imide groups is 1. The van der Waals surface area contributed by atoms with Crippen molar-refractivity contribution in [2.45, 2.75) is 45.4 Å². The summed E-state index contributed by atoms with van der Waals surface area (Å²) in [6.07, 6.45) is -1.22. The van der Waals surface area contributed by atoms with Crippen LogP contribution in [-0.2, 0) is 25.7 Å². The van der Waals surface area contributed by atoms with Crippen molar-refractivity contribution in [3.63, 3.8) is 0 Å². The summed E-state index contributed by atoms with van der Waals surface area (Å²) in [4.78, 5) is 49.0. The first-order valence-corrected chi connectivity index (χ1v) is 9.17. The van der Waals surface area contributed by atoms with Crippen LogP contribution in [0.2, 0.25) is 0 Å². The third-order valence-electron chi connectivity index (χ3n) is 4.57. The third-order valence-corrected chi connectivity index (χ3v) is 4.57. The number of fused-ring (bicyclic) bond motifs is 1. The van der Waals surface area contributed by atoms with Crippen molar-refractivity contribution in [1.29, 1.82) is 0 Å². The molecule has 2 aliphatic heterocycles. The van der Waals surface area contributed by atoms with E-state index in [0.29, 0.717) is 11.5 Å². The highest BCUT2D eigenvalue weighted by molar-refractivity contribution is 6.06. The molecule has 4 amide bonds. The van der Waals surface area contributed by atoms with Crippen LogP contribution < -0.4 is 20.1 Å². The predicted octanol–water partition coefficient (Wildman–Crippen LogP) is 0.684. The van der Waals surface area contributed by atoms with Gasteiger partial charge >= 0.3 is 12.0 Å². The van der Waals surface area contributed by atoms with Crippen LogP contribution in [0.4, 0.5) is 4.79 Å². The summed E-state index contributed by atoms with van der Waals surface area (Å²) in [5, 5.41) is 5.20. The van der Waals surface area contributed by atoms with Crippen LogP contribution >= 0.6 is 0 Å². The summed E-state index contributed by atoms with van der Waals surface area (Å²) in [7, 11) is 0. The fourth-order valence-electron chi connectivity index (χ4n) is 2.92. The topological polar surface area (TPSA) is 123 Å². The summed E-state index contributed by atoms with van der Waals surface area (Å²) in [6, 6.07) is 4.76. The van der Waals surface area contributed by atoms with Crippen LogP contribution in [0.25, 0.3) is 0 Å². The second-order valence-corrected chi connectivity index (χ2v) is 7.30. The molecule has 0 saturated carbocycles. The largest absolute Gasteiger partial charge is 0.454 e. The first kappa shape index (κ1) is 20.4. The molecule has 10 heteroatoms. The molecular weight excluding hydrogens is 382 g/mol. The average molecular weight is 405 g/mol.